The summed E-state index contributed by atoms with van der Waals surface area (Å²) in [5.74, 6) is 0.586. The van der Waals surface area contributed by atoms with Gasteiger partial charge in [0.15, 0.2) is 0 Å². The molecule has 0 bridgehead atoms. The number of likely N-dealkylation sites (N-methyl/N-ethyl adjacent to an activating group) is 2. The predicted molar refractivity (Wildman–Crippen MR) is 111 cm³/mol. The third-order valence-electron chi connectivity index (χ3n) is 5.43. The topological polar surface area (TPSA) is 86.1 Å². The Bertz CT molecular complexity index is 1030. The Hall–Kier alpha value is -3.39. The van der Waals surface area contributed by atoms with E-state index in [0.29, 0.717) is 23.6 Å². The quantitative estimate of drug-likeness (QED) is 0.622. The van der Waals surface area contributed by atoms with Gasteiger partial charge in [-0.15, -0.1) is 0 Å². The molecule has 3 heterocycles. The van der Waals surface area contributed by atoms with Crippen molar-refractivity contribution in [3.05, 3.63) is 53.4 Å². The average molecular weight is 408 g/mol. The number of rotatable bonds is 3. The Balaban J connectivity index is 1.54. The molecule has 0 saturated carbocycles. The molecule has 0 radical (unpaired) electrons. The molecule has 2 aromatic rings. The van der Waals surface area contributed by atoms with Crippen LogP contribution < -0.4 is 5.32 Å². The monoisotopic (exact) mass is 408 g/mol. The number of benzene rings is 1. The Morgan fingerprint density at radius 2 is 1.90 bits per heavy atom. The lowest BCUT2D eigenvalue weighted by Crippen LogP contribution is -2.34. The van der Waals surface area contributed by atoms with Gasteiger partial charge in [-0.05, 0) is 44.3 Å². The molecule has 1 aromatic carbocycles. The van der Waals surface area contributed by atoms with Gasteiger partial charge in [0.25, 0.3) is 11.8 Å². The summed E-state index contributed by atoms with van der Waals surface area (Å²) in [6.07, 6.45) is 2.48. The van der Waals surface area contributed by atoms with Crippen molar-refractivity contribution in [2.45, 2.75) is 6.42 Å². The van der Waals surface area contributed by atoms with Crippen molar-refractivity contribution in [3.8, 4) is 11.3 Å². The number of nitrogens with one attached hydrogen (secondary N) is 1. The molecule has 30 heavy (non-hydrogen) atoms. The lowest BCUT2D eigenvalue weighted by molar-refractivity contribution is -0.115. The molecule has 2 aliphatic rings. The van der Waals surface area contributed by atoms with Crippen molar-refractivity contribution in [2.24, 2.45) is 0 Å². The van der Waals surface area contributed by atoms with E-state index in [1.807, 2.05) is 29.2 Å². The van der Waals surface area contributed by atoms with Crippen LogP contribution in [-0.2, 0) is 4.79 Å². The second kappa shape index (κ2) is 8.16. The van der Waals surface area contributed by atoms with E-state index in [1.165, 1.54) is 18.0 Å². The van der Waals surface area contributed by atoms with Crippen molar-refractivity contribution in [2.75, 3.05) is 40.3 Å². The SMILES string of the molecule is CN1CCCN(C(=O)c2cccc(-c3ccc(/C=C4\C(=O)NC(=O)N4C)o3)c2)CC1. The molecular weight excluding hydrogens is 384 g/mol. The first kappa shape index (κ1) is 19.9. The summed E-state index contributed by atoms with van der Waals surface area (Å²) in [5.41, 5.74) is 1.61. The number of amides is 4. The molecule has 8 nitrogen and oxygen atoms in total. The Kier molecular flexibility index (Phi) is 5.41. The maximum absolute atomic E-state index is 13.0. The number of imide groups is 1. The zero-order valence-corrected chi connectivity index (χ0v) is 17.1. The molecule has 156 valence electrons. The number of carbonyl (C=O) groups excluding carboxylic acids is 3. The molecular formula is C22H24N4O4. The fraction of sp³-hybridized carbons (Fsp3) is 0.318. The van der Waals surface area contributed by atoms with Crippen molar-refractivity contribution in [3.63, 3.8) is 0 Å². The second-order valence-electron chi connectivity index (χ2n) is 7.58. The van der Waals surface area contributed by atoms with Crippen LogP contribution >= 0.6 is 0 Å². The van der Waals surface area contributed by atoms with Gasteiger partial charge in [-0.1, -0.05) is 12.1 Å². The number of urea groups is 1. The smallest absolute Gasteiger partial charge is 0.328 e. The van der Waals surface area contributed by atoms with Crippen molar-refractivity contribution in [1.82, 2.24) is 20.0 Å². The van der Waals surface area contributed by atoms with E-state index in [0.717, 1.165) is 31.6 Å². The fourth-order valence-corrected chi connectivity index (χ4v) is 3.63. The summed E-state index contributed by atoms with van der Waals surface area (Å²) >= 11 is 0. The first-order valence-corrected chi connectivity index (χ1v) is 9.91. The molecule has 0 atom stereocenters. The molecule has 1 aromatic heterocycles. The molecule has 2 saturated heterocycles. The van der Waals surface area contributed by atoms with Crippen molar-refractivity contribution in [1.29, 1.82) is 0 Å². The molecule has 1 N–H and O–H groups in total. The Labute approximate surface area is 174 Å². The number of furan rings is 1. The number of carbonyl (C=O) groups is 3. The molecule has 0 aliphatic carbocycles. The summed E-state index contributed by atoms with van der Waals surface area (Å²) in [6, 6.07) is 10.4. The van der Waals surface area contributed by atoms with Crippen LogP contribution in [0, 0.1) is 0 Å². The van der Waals surface area contributed by atoms with Crippen molar-refractivity contribution >= 4 is 23.9 Å². The number of hydrogen-bond acceptors (Lipinski definition) is 5. The maximum Gasteiger partial charge on any atom is 0.328 e. The molecule has 0 unspecified atom stereocenters. The van der Waals surface area contributed by atoms with Crippen LogP contribution in [-0.4, -0.2) is 72.8 Å². The first-order valence-electron chi connectivity index (χ1n) is 9.91. The highest BCUT2D eigenvalue weighted by Crippen LogP contribution is 2.26. The van der Waals surface area contributed by atoms with Crippen LogP contribution in [0.1, 0.15) is 22.5 Å². The highest BCUT2D eigenvalue weighted by molar-refractivity contribution is 6.13. The minimum Gasteiger partial charge on any atom is -0.457 e. The largest absolute Gasteiger partial charge is 0.457 e. The first-order chi connectivity index (χ1) is 14.4. The molecule has 2 fully saturated rings. The van der Waals surface area contributed by atoms with Crippen LogP contribution in [0.2, 0.25) is 0 Å². The van der Waals surface area contributed by atoms with Crippen LogP contribution in [0.4, 0.5) is 4.79 Å². The zero-order valence-electron chi connectivity index (χ0n) is 17.1. The molecule has 8 heteroatoms. The van der Waals surface area contributed by atoms with E-state index in [4.69, 9.17) is 4.42 Å². The second-order valence-corrected chi connectivity index (χ2v) is 7.58. The van der Waals surface area contributed by atoms with Gasteiger partial charge in [0.1, 0.15) is 17.2 Å². The highest BCUT2D eigenvalue weighted by atomic mass is 16.3. The van der Waals surface area contributed by atoms with Crippen molar-refractivity contribution < 1.29 is 18.8 Å². The van der Waals surface area contributed by atoms with Gasteiger partial charge in [-0.2, -0.15) is 0 Å². The standard InChI is InChI=1S/C22H24N4O4/c1-24-9-4-10-26(12-11-24)21(28)16-6-3-5-15(13-16)19-8-7-17(30-19)14-18-20(27)23-22(29)25(18)2/h3,5-8,13-14H,4,9-12H2,1-2H3,(H,23,27,29)/b18-14+. The van der Waals surface area contributed by atoms with E-state index in [-0.39, 0.29) is 11.6 Å². The molecule has 2 aliphatic heterocycles. The molecule has 4 rings (SSSR count). The van der Waals surface area contributed by atoms with Crippen LogP contribution in [0.25, 0.3) is 17.4 Å². The van der Waals surface area contributed by atoms with Crippen LogP contribution in [0.5, 0.6) is 0 Å². The lowest BCUT2D eigenvalue weighted by atomic mass is 10.1. The third-order valence-corrected chi connectivity index (χ3v) is 5.43. The van der Waals surface area contributed by atoms with Gasteiger partial charge in [-0.3, -0.25) is 19.8 Å². The number of hydrogen-bond donors (Lipinski definition) is 1. The Morgan fingerprint density at radius 1 is 1.07 bits per heavy atom. The summed E-state index contributed by atoms with van der Waals surface area (Å²) in [6.45, 7) is 3.33. The molecule has 0 spiro atoms. The van der Waals surface area contributed by atoms with E-state index in [2.05, 4.69) is 17.3 Å². The van der Waals surface area contributed by atoms with E-state index >= 15 is 0 Å². The number of nitrogens with zero attached hydrogens (tertiary/aromatic N) is 3. The highest BCUT2D eigenvalue weighted by Gasteiger charge is 2.30. The van der Waals surface area contributed by atoms with E-state index < -0.39 is 11.9 Å². The van der Waals surface area contributed by atoms with Crippen LogP contribution in [0.3, 0.4) is 0 Å². The minimum atomic E-state index is -0.469. The van der Waals surface area contributed by atoms with Crippen LogP contribution in [0.15, 0.2) is 46.5 Å². The van der Waals surface area contributed by atoms with Gasteiger partial charge in [-0.25, -0.2) is 4.79 Å². The third kappa shape index (κ3) is 3.99. The zero-order chi connectivity index (χ0) is 21.3. The summed E-state index contributed by atoms with van der Waals surface area (Å²) in [5, 5.41) is 2.23. The fourth-order valence-electron chi connectivity index (χ4n) is 3.63. The Morgan fingerprint density at radius 3 is 2.67 bits per heavy atom. The van der Waals surface area contributed by atoms with Gasteiger partial charge >= 0.3 is 6.03 Å². The minimum absolute atomic E-state index is 0.0174. The normalized spacial score (nSPS) is 19.3. The predicted octanol–water partition coefficient (Wildman–Crippen LogP) is 2.25. The lowest BCUT2D eigenvalue weighted by Gasteiger charge is -2.20. The summed E-state index contributed by atoms with van der Waals surface area (Å²) in [4.78, 5) is 41.8. The van der Waals surface area contributed by atoms with E-state index in [1.54, 1.807) is 12.1 Å². The summed E-state index contributed by atoms with van der Waals surface area (Å²) < 4.78 is 5.85. The van der Waals surface area contributed by atoms with Gasteiger partial charge in [0.05, 0.1) is 0 Å². The van der Waals surface area contributed by atoms with Gasteiger partial charge in [0, 0.05) is 43.9 Å². The van der Waals surface area contributed by atoms with E-state index in [9.17, 15) is 14.4 Å². The van der Waals surface area contributed by atoms with Gasteiger partial charge in [0.2, 0.25) is 0 Å². The van der Waals surface area contributed by atoms with Gasteiger partial charge < -0.3 is 14.2 Å². The molecule has 4 amide bonds. The maximum atomic E-state index is 13.0. The summed E-state index contributed by atoms with van der Waals surface area (Å²) in [7, 11) is 3.59. The average Bonchev–Trinajstić information content (AvgIpc) is 3.22.